The number of hydrogen-bond donors (Lipinski definition) is 2. The summed E-state index contributed by atoms with van der Waals surface area (Å²) >= 11 is 1.77. The molecule has 3 N–H and O–H groups in total. The van der Waals surface area contributed by atoms with Gasteiger partial charge in [0.25, 0.3) is 0 Å². The predicted molar refractivity (Wildman–Crippen MR) is 78.7 cm³/mol. The number of rotatable bonds is 4. The highest BCUT2D eigenvalue weighted by Gasteiger charge is 2.12. The van der Waals surface area contributed by atoms with Crippen molar-refractivity contribution in [3.05, 3.63) is 56.8 Å². The number of nitrogens with two attached hydrogens (primary N) is 1. The quantitative estimate of drug-likeness (QED) is 0.653. The minimum Gasteiger partial charge on any atom is -0.271 e. The fourth-order valence-corrected chi connectivity index (χ4v) is 3.10. The van der Waals surface area contributed by atoms with Crippen molar-refractivity contribution in [2.45, 2.75) is 33.2 Å². The van der Waals surface area contributed by atoms with Gasteiger partial charge in [-0.15, -0.1) is 11.3 Å². The summed E-state index contributed by atoms with van der Waals surface area (Å²) in [7, 11) is 0. The Kier molecular flexibility index (Phi) is 4.17. The van der Waals surface area contributed by atoms with E-state index in [0.717, 1.165) is 6.42 Å². The maximum absolute atomic E-state index is 5.69. The first kappa shape index (κ1) is 13.3. The van der Waals surface area contributed by atoms with Crippen LogP contribution in [0.15, 0.2) is 29.6 Å². The molecule has 1 aromatic heterocycles. The van der Waals surface area contributed by atoms with Crippen LogP contribution in [0.2, 0.25) is 0 Å². The lowest BCUT2D eigenvalue weighted by Gasteiger charge is -2.15. The second kappa shape index (κ2) is 5.65. The molecule has 0 radical (unpaired) electrons. The van der Waals surface area contributed by atoms with Crippen LogP contribution in [0.3, 0.4) is 0 Å². The summed E-state index contributed by atoms with van der Waals surface area (Å²) in [5, 5.41) is 2.18. The average molecular weight is 260 g/mol. The van der Waals surface area contributed by atoms with Crippen molar-refractivity contribution in [2.75, 3.05) is 0 Å². The molecule has 18 heavy (non-hydrogen) atoms. The van der Waals surface area contributed by atoms with E-state index in [1.165, 1.54) is 27.1 Å². The molecule has 0 spiro atoms. The van der Waals surface area contributed by atoms with Gasteiger partial charge in [0.2, 0.25) is 0 Å². The van der Waals surface area contributed by atoms with Gasteiger partial charge in [-0.05, 0) is 49.8 Å². The van der Waals surface area contributed by atoms with E-state index in [1.54, 1.807) is 11.3 Å². The molecule has 96 valence electrons. The molecule has 1 atom stereocenters. The van der Waals surface area contributed by atoms with E-state index in [1.807, 2.05) is 0 Å². The van der Waals surface area contributed by atoms with Gasteiger partial charge in [0, 0.05) is 4.88 Å². The van der Waals surface area contributed by atoms with Gasteiger partial charge in [0.05, 0.1) is 6.04 Å². The summed E-state index contributed by atoms with van der Waals surface area (Å²) in [5.41, 5.74) is 8.15. The van der Waals surface area contributed by atoms with Crippen LogP contribution in [-0.4, -0.2) is 0 Å². The summed E-state index contributed by atoms with van der Waals surface area (Å²) in [5.74, 6) is 5.69. The number of hydrazine groups is 1. The van der Waals surface area contributed by atoms with E-state index in [9.17, 15) is 0 Å². The Morgan fingerprint density at radius 2 is 1.78 bits per heavy atom. The molecule has 3 heteroatoms. The van der Waals surface area contributed by atoms with Gasteiger partial charge in [0.15, 0.2) is 0 Å². The average Bonchev–Trinajstić information content (AvgIpc) is 2.71. The van der Waals surface area contributed by atoms with Crippen molar-refractivity contribution >= 4 is 11.3 Å². The van der Waals surface area contributed by atoms with E-state index in [2.05, 4.69) is 55.8 Å². The molecule has 2 aromatic rings. The maximum Gasteiger partial charge on any atom is 0.0508 e. The smallest absolute Gasteiger partial charge is 0.0508 e. The number of benzene rings is 1. The van der Waals surface area contributed by atoms with Crippen LogP contribution in [0.1, 0.15) is 33.2 Å². The normalized spacial score (nSPS) is 12.7. The van der Waals surface area contributed by atoms with Gasteiger partial charge in [-0.3, -0.25) is 11.3 Å². The first-order valence-electron chi connectivity index (χ1n) is 6.17. The van der Waals surface area contributed by atoms with E-state index in [4.69, 9.17) is 5.84 Å². The Labute approximate surface area is 113 Å². The monoisotopic (exact) mass is 260 g/mol. The van der Waals surface area contributed by atoms with Crippen molar-refractivity contribution in [1.82, 2.24) is 5.43 Å². The molecule has 1 unspecified atom stereocenters. The van der Waals surface area contributed by atoms with Crippen LogP contribution in [0, 0.1) is 20.8 Å². The Balaban J connectivity index is 2.20. The highest BCUT2D eigenvalue weighted by molar-refractivity contribution is 7.10. The molecule has 0 aliphatic carbocycles. The molecule has 0 fully saturated rings. The van der Waals surface area contributed by atoms with Gasteiger partial charge in [-0.25, -0.2) is 0 Å². The molecule has 0 saturated heterocycles. The molecule has 0 bridgehead atoms. The Bertz CT molecular complexity index is 511. The van der Waals surface area contributed by atoms with Gasteiger partial charge >= 0.3 is 0 Å². The number of thiophene rings is 1. The second-order valence-electron chi connectivity index (χ2n) is 4.91. The van der Waals surface area contributed by atoms with E-state index >= 15 is 0 Å². The standard InChI is InChI=1S/C15H20N2S/c1-10-4-11(2)6-13(5-10)8-15(17-16)14-7-12(3)18-9-14/h4-7,9,15,17H,8,16H2,1-3H3. The minimum atomic E-state index is 0.191. The highest BCUT2D eigenvalue weighted by Crippen LogP contribution is 2.23. The van der Waals surface area contributed by atoms with Crippen molar-refractivity contribution in [3.63, 3.8) is 0 Å². The zero-order valence-corrected chi connectivity index (χ0v) is 12.0. The SMILES string of the molecule is Cc1cc(C)cc(CC(NN)c2csc(C)c2)c1. The molecule has 0 aliphatic heterocycles. The van der Waals surface area contributed by atoms with E-state index in [0.29, 0.717) is 0 Å². The molecule has 0 aliphatic rings. The number of hydrogen-bond acceptors (Lipinski definition) is 3. The van der Waals surface area contributed by atoms with Crippen LogP contribution in [-0.2, 0) is 6.42 Å². The van der Waals surface area contributed by atoms with Gasteiger partial charge in [-0.1, -0.05) is 29.3 Å². The molecule has 0 saturated carbocycles. The Hall–Kier alpha value is -1.16. The number of aryl methyl sites for hydroxylation is 3. The largest absolute Gasteiger partial charge is 0.271 e. The fraction of sp³-hybridized carbons (Fsp3) is 0.333. The maximum atomic E-state index is 5.69. The molecule has 2 nitrogen and oxygen atoms in total. The van der Waals surface area contributed by atoms with Crippen molar-refractivity contribution < 1.29 is 0 Å². The third-order valence-corrected chi connectivity index (χ3v) is 3.96. The summed E-state index contributed by atoms with van der Waals surface area (Å²) < 4.78 is 0. The molecular weight excluding hydrogens is 240 g/mol. The zero-order valence-electron chi connectivity index (χ0n) is 11.2. The van der Waals surface area contributed by atoms with Gasteiger partial charge < -0.3 is 0 Å². The number of nitrogens with one attached hydrogen (secondary N) is 1. The van der Waals surface area contributed by atoms with Crippen LogP contribution in [0.5, 0.6) is 0 Å². The summed E-state index contributed by atoms with van der Waals surface area (Å²) in [6, 6.07) is 9.06. The van der Waals surface area contributed by atoms with Crippen molar-refractivity contribution in [1.29, 1.82) is 0 Å². The molecular formula is C15H20N2S. The van der Waals surface area contributed by atoms with E-state index in [-0.39, 0.29) is 6.04 Å². The Morgan fingerprint density at radius 3 is 2.28 bits per heavy atom. The molecule has 0 amide bonds. The lowest BCUT2D eigenvalue weighted by molar-refractivity contribution is 0.553. The Morgan fingerprint density at radius 1 is 1.11 bits per heavy atom. The lowest BCUT2D eigenvalue weighted by Crippen LogP contribution is -2.29. The highest BCUT2D eigenvalue weighted by atomic mass is 32.1. The summed E-state index contributed by atoms with van der Waals surface area (Å²) in [6.07, 6.45) is 0.926. The van der Waals surface area contributed by atoms with Crippen molar-refractivity contribution in [3.8, 4) is 0 Å². The lowest BCUT2D eigenvalue weighted by atomic mass is 9.98. The first-order valence-corrected chi connectivity index (χ1v) is 7.05. The third kappa shape index (κ3) is 3.19. The molecule has 1 aromatic carbocycles. The predicted octanol–water partition coefficient (Wildman–Crippen LogP) is 3.42. The second-order valence-corrected chi connectivity index (χ2v) is 6.03. The van der Waals surface area contributed by atoms with Crippen LogP contribution >= 0.6 is 11.3 Å². The fourth-order valence-electron chi connectivity index (χ4n) is 2.34. The summed E-state index contributed by atoms with van der Waals surface area (Å²) in [4.78, 5) is 1.32. The van der Waals surface area contributed by atoms with Gasteiger partial charge in [0.1, 0.15) is 0 Å². The summed E-state index contributed by atoms with van der Waals surface area (Å²) in [6.45, 7) is 6.39. The van der Waals surface area contributed by atoms with Crippen LogP contribution < -0.4 is 11.3 Å². The molecule has 2 rings (SSSR count). The zero-order chi connectivity index (χ0) is 13.1. The topological polar surface area (TPSA) is 38.0 Å². The van der Waals surface area contributed by atoms with E-state index < -0.39 is 0 Å². The van der Waals surface area contributed by atoms with Crippen LogP contribution in [0.25, 0.3) is 0 Å². The minimum absolute atomic E-state index is 0.191. The third-order valence-electron chi connectivity index (χ3n) is 3.08. The van der Waals surface area contributed by atoms with Crippen molar-refractivity contribution in [2.24, 2.45) is 5.84 Å². The first-order chi connectivity index (χ1) is 8.58. The van der Waals surface area contributed by atoms with Gasteiger partial charge in [-0.2, -0.15) is 0 Å². The molecule has 1 heterocycles. The van der Waals surface area contributed by atoms with Crippen LogP contribution in [0.4, 0.5) is 0 Å².